The summed E-state index contributed by atoms with van der Waals surface area (Å²) in [5.74, 6) is 2.15. The molecule has 32 heavy (non-hydrogen) atoms. The second kappa shape index (κ2) is 10.9. The first-order chi connectivity index (χ1) is 15.4. The third-order valence-electron chi connectivity index (χ3n) is 4.77. The number of thioether (sulfide) groups is 1. The van der Waals surface area contributed by atoms with Crippen molar-refractivity contribution in [1.29, 1.82) is 0 Å². The van der Waals surface area contributed by atoms with Gasteiger partial charge in [0.05, 0.1) is 18.6 Å². The van der Waals surface area contributed by atoms with Crippen LogP contribution in [0, 0.1) is 20.8 Å². The maximum atomic E-state index is 12.5. The topological polar surface area (TPSA) is 78.3 Å². The Balaban J connectivity index is 1.66. The average molecular weight is 453 g/mol. The first kappa shape index (κ1) is 23.4. The van der Waals surface area contributed by atoms with E-state index in [2.05, 4.69) is 28.2 Å². The molecule has 3 aromatic rings. The lowest BCUT2D eigenvalue weighted by molar-refractivity contribution is -0.113. The molecule has 0 saturated heterocycles. The zero-order valence-electron chi connectivity index (χ0n) is 18.8. The molecule has 0 aliphatic heterocycles. The second-order valence-electron chi connectivity index (χ2n) is 7.40. The third-order valence-corrected chi connectivity index (χ3v) is 5.73. The fourth-order valence-corrected chi connectivity index (χ4v) is 3.85. The monoisotopic (exact) mass is 452 g/mol. The zero-order chi connectivity index (χ0) is 23.1. The molecule has 0 fully saturated rings. The van der Waals surface area contributed by atoms with E-state index in [9.17, 15) is 4.79 Å². The third kappa shape index (κ3) is 5.91. The zero-order valence-corrected chi connectivity index (χ0v) is 19.7. The highest BCUT2D eigenvalue weighted by atomic mass is 32.2. The van der Waals surface area contributed by atoms with Gasteiger partial charge in [0.2, 0.25) is 5.91 Å². The molecule has 0 atom stereocenters. The maximum Gasteiger partial charge on any atom is 0.234 e. The smallest absolute Gasteiger partial charge is 0.234 e. The van der Waals surface area contributed by atoms with Crippen molar-refractivity contribution in [2.45, 2.75) is 39.1 Å². The molecule has 0 aliphatic rings. The van der Waals surface area contributed by atoms with Crippen LogP contribution in [-0.4, -0.2) is 33.5 Å². The number of carbonyl (C=O) groups is 1. The maximum absolute atomic E-state index is 12.5. The number of methoxy groups -OCH3 is 1. The van der Waals surface area contributed by atoms with Gasteiger partial charge in [0, 0.05) is 6.54 Å². The minimum Gasteiger partial charge on any atom is -0.495 e. The van der Waals surface area contributed by atoms with Crippen molar-refractivity contribution < 1.29 is 14.3 Å². The molecule has 1 aromatic heterocycles. The van der Waals surface area contributed by atoms with E-state index in [1.807, 2.05) is 55.7 Å². The highest BCUT2D eigenvalue weighted by Gasteiger charge is 2.15. The Morgan fingerprint density at radius 2 is 1.88 bits per heavy atom. The summed E-state index contributed by atoms with van der Waals surface area (Å²) in [6, 6.07) is 11.7. The van der Waals surface area contributed by atoms with E-state index in [0.29, 0.717) is 29.0 Å². The number of anilines is 1. The average Bonchev–Trinajstić information content (AvgIpc) is 3.15. The van der Waals surface area contributed by atoms with E-state index in [1.165, 1.54) is 11.8 Å². The van der Waals surface area contributed by atoms with Gasteiger partial charge in [-0.2, -0.15) is 0 Å². The highest BCUT2D eigenvalue weighted by molar-refractivity contribution is 7.99. The number of nitrogens with zero attached hydrogens (tertiary/aromatic N) is 3. The van der Waals surface area contributed by atoms with Gasteiger partial charge in [-0.25, -0.2) is 0 Å². The number of ether oxygens (including phenoxy) is 2. The Morgan fingerprint density at radius 3 is 2.62 bits per heavy atom. The fourth-order valence-electron chi connectivity index (χ4n) is 3.09. The summed E-state index contributed by atoms with van der Waals surface area (Å²) < 4.78 is 13.2. The van der Waals surface area contributed by atoms with Gasteiger partial charge in [-0.15, -0.1) is 16.8 Å². The van der Waals surface area contributed by atoms with Gasteiger partial charge in [0.1, 0.15) is 18.1 Å². The molecule has 0 radical (unpaired) electrons. The predicted molar refractivity (Wildman–Crippen MR) is 128 cm³/mol. The standard InChI is InChI=1S/C24H28N4O3S/c1-6-11-28-22(14-31-21-13-17(3)7-9-18(21)4)26-27-24(28)32-15-23(29)25-19-12-16(2)8-10-20(19)30-5/h6-10,12-13H,1,11,14-15H2,2-5H3,(H,25,29). The number of rotatable bonds is 10. The van der Waals surface area contributed by atoms with Crippen molar-refractivity contribution in [1.82, 2.24) is 14.8 Å². The van der Waals surface area contributed by atoms with E-state index >= 15 is 0 Å². The summed E-state index contributed by atoms with van der Waals surface area (Å²) in [4.78, 5) is 12.5. The lowest BCUT2D eigenvalue weighted by atomic mass is 10.1. The van der Waals surface area contributed by atoms with Crippen LogP contribution in [0.3, 0.4) is 0 Å². The molecule has 0 bridgehead atoms. The SMILES string of the molecule is C=CCn1c(COc2cc(C)ccc2C)nnc1SCC(=O)Nc1cc(C)ccc1OC. The predicted octanol–water partition coefficient (Wildman–Crippen LogP) is 4.71. The molecular weight excluding hydrogens is 424 g/mol. The van der Waals surface area contributed by atoms with Crippen LogP contribution in [0.2, 0.25) is 0 Å². The van der Waals surface area contributed by atoms with Crippen LogP contribution in [0.15, 0.2) is 54.2 Å². The summed E-state index contributed by atoms with van der Waals surface area (Å²) in [6.45, 7) is 10.6. The fraction of sp³-hybridized carbons (Fsp3) is 0.292. The quantitative estimate of drug-likeness (QED) is 0.355. The minimum atomic E-state index is -0.153. The number of aryl methyl sites for hydroxylation is 3. The van der Waals surface area contributed by atoms with Crippen molar-refractivity contribution in [3.8, 4) is 11.5 Å². The van der Waals surface area contributed by atoms with Crippen LogP contribution in [0.5, 0.6) is 11.5 Å². The summed E-state index contributed by atoms with van der Waals surface area (Å²) in [6.07, 6.45) is 1.77. The molecule has 0 aliphatic carbocycles. The first-order valence-corrected chi connectivity index (χ1v) is 11.2. The number of hydrogen-bond acceptors (Lipinski definition) is 6. The van der Waals surface area contributed by atoms with E-state index < -0.39 is 0 Å². The van der Waals surface area contributed by atoms with E-state index in [1.54, 1.807) is 13.2 Å². The van der Waals surface area contributed by atoms with Crippen molar-refractivity contribution >= 4 is 23.4 Å². The van der Waals surface area contributed by atoms with Crippen molar-refractivity contribution in [2.24, 2.45) is 0 Å². The van der Waals surface area contributed by atoms with Crippen molar-refractivity contribution in [2.75, 3.05) is 18.2 Å². The van der Waals surface area contributed by atoms with Crippen LogP contribution in [-0.2, 0) is 17.9 Å². The first-order valence-electron chi connectivity index (χ1n) is 10.2. The number of benzene rings is 2. The van der Waals surface area contributed by atoms with Crippen molar-refractivity contribution in [3.63, 3.8) is 0 Å². The summed E-state index contributed by atoms with van der Waals surface area (Å²) in [5.41, 5.74) is 3.87. The molecule has 8 heteroatoms. The van der Waals surface area contributed by atoms with E-state index in [4.69, 9.17) is 9.47 Å². The van der Waals surface area contributed by atoms with Gasteiger partial charge in [0.15, 0.2) is 11.0 Å². The Kier molecular flexibility index (Phi) is 7.94. The van der Waals surface area contributed by atoms with Crippen molar-refractivity contribution in [3.05, 3.63) is 71.6 Å². The van der Waals surface area contributed by atoms with Crippen LogP contribution in [0.1, 0.15) is 22.5 Å². The molecule has 3 rings (SSSR count). The molecule has 1 amide bonds. The summed E-state index contributed by atoms with van der Waals surface area (Å²) >= 11 is 1.31. The van der Waals surface area contributed by atoms with Crippen LogP contribution in [0.4, 0.5) is 5.69 Å². The van der Waals surface area contributed by atoms with E-state index in [-0.39, 0.29) is 18.3 Å². The highest BCUT2D eigenvalue weighted by Crippen LogP contribution is 2.26. The summed E-state index contributed by atoms with van der Waals surface area (Å²) in [7, 11) is 1.58. The number of amides is 1. The summed E-state index contributed by atoms with van der Waals surface area (Å²) in [5, 5.41) is 12.1. The van der Waals surface area contributed by atoms with Gasteiger partial charge >= 0.3 is 0 Å². The van der Waals surface area contributed by atoms with Crippen LogP contribution >= 0.6 is 11.8 Å². The van der Waals surface area contributed by atoms with Gasteiger partial charge in [-0.05, 0) is 55.7 Å². The molecule has 1 heterocycles. The van der Waals surface area contributed by atoms with Crippen LogP contribution < -0.4 is 14.8 Å². The lowest BCUT2D eigenvalue weighted by Crippen LogP contribution is -2.15. The van der Waals surface area contributed by atoms with E-state index in [0.717, 1.165) is 22.4 Å². The Hall–Kier alpha value is -3.26. The number of carbonyl (C=O) groups excluding carboxylic acids is 1. The Labute approximate surface area is 192 Å². The molecule has 1 N–H and O–H groups in total. The second-order valence-corrected chi connectivity index (χ2v) is 8.34. The van der Waals surface area contributed by atoms with Gasteiger partial charge in [-0.1, -0.05) is 36.0 Å². The Bertz CT molecular complexity index is 1110. The van der Waals surface area contributed by atoms with Gasteiger partial charge < -0.3 is 14.8 Å². The molecular formula is C24H28N4O3S. The largest absolute Gasteiger partial charge is 0.495 e. The number of hydrogen-bond donors (Lipinski definition) is 1. The molecule has 0 saturated carbocycles. The molecule has 2 aromatic carbocycles. The molecule has 168 valence electrons. The number of aromatic nitrogens is 3. The molecule has 0 unspecified atom stereocenters. The number of nitrogens with one attached hydrogen (secondary N) is 1. The molecule has 7 nitrogen and oxygen atoms in total. The Morgan fingerprint density at radius 1 is 1.12 bits per heavy atom. The number of allylic oxidation sites excluding steroid dienone is 1. The normalized spacial score (nSPS) is 10.6. The van der Waals surface area contributed by atoms with Gasteiger partial charge in [-0.3, -0.25) is 9.36 Å². The lowest BCUT2D eigenvalue weighted by Gasteiger charge is -2.12. The van der Waals surface area contributed by atoms with Crippen LogP contribution in [0.25, 0.3) is 0 Å². The minimum absolute atomic E-state index is 0.153. The molecule has 0 spiro atoms. The van der Waals surface area contributed by atoms with Gasteiger partial charge in [0.25, 0.3) is 0 Å².